The Hall–Kier alpha value is -1.23. The van der Waals surface area contributed by atoms with Crippen LogP contribution in [0.25, 0.3) is 0 Å². The normalized spacial score (nSPS) is 11.8. The van der Waals surface area contributed by atoms with E-state index in [1.807, 2.05) is 0 Å². The van der Waals surface area contributed by atoms with Gasteiger partial charge >= 0.3 is 0 Å². The minimum Gasteiger partial charge on any atom is -0.497 e. The number of methoxy groups -OCH3 is 2. The maximum absolute atomic E-state index is 12.1. The minimum absolute atomic E-state index is 0.103. The Morgan fingerprint density at radius 2 is 1.85 bits per heavy atom. The summed E-state index contributed by atoms with van der Waals surface area (Å²) in [5.41, 5.74) is 0.551. The van der Waals surface area contributed by atoms with Gasteiger partial charge in [0.25, 0.3) is 5.91 Å². The molecule has 1 amide bonds. The second kappa shape index (κ2) is 8.84. The van der Waals surface area contributed by atoms with Gasteiger partial charge in [-0.25, -0.2) is 0 Å². The first kappa shape index (κ1) is 16.8. The Labute approximate surface area is 129 Å². The lowest BCUT2D eigenvalue weighted by atomic mass is 10.1. The van der Waals surface area contributed by atoms with E-state index in [0.29, 0.717) is 29.5 Å². The summed E-state index contributed by atoms with van der Waals surface area (Å²) in [6.45, 7) is 2.86. The number of carbonyl (C=O) groups is 1. The van der Waals surface area contributed by atoms with Gasteiger partial charge < -0.3 is 14.8 Å². The topological polar surface area (TPSA) is 47.6 Å². The van der Waals surface area contributed by atoms with Gasteiger partial charge in [-0.3, -0.25) is 4.79 Å². The summed E-state index contributed by atoms with van der Waals surface area (Å²) in [4.78, 5) is 12.1. The molecule has 0 radical (unpaired) electrons. The van der Waals surface area contributed by atoms with Crippen LogP contribution in [-0.4, -0.2) is 32.0 Å². The number of nitrogens with one attached hydrogen (secondary N) is 1. The molecular formula is C15H22BrNO3. The zero-order chi connectivity index (χ0) is 15.0. The summed E-state index contributed by atoms with van der Waals surface area (Å²) in [5, 5.41) is 3.91. The molecule has 1 rings (SSSR count). The fourth-order valence-electron chi connectivity index (χ4n) is 1.77. The van der Waals surface area contributed by atoms with E-state index in [2.05, 4.69) is 28.2 Å². The van der Waals surface area contributed by atoms with Crippen molar-refractivity contribution in [1.82, 2.24) is 5.32 Å². The van der Waals surface area contributed by atoms with Gasteiger partial charge in [-0.05, 0) is 30.9 Å². The molecule has 1 N–H and O–H groups in total. The lowest BCUT2D eigenvalue weighted by Crippen LogP contribution is -2.24. The average molecular weight is 344 g/mol. The molecule has 1 atom stereocenters. The molecule has 5 heteroatoms. The van der Waals surface area contributed by atoms with Crippen LogP contribution in [0, 0.1) is 5.92 Å². The highest BCUT2D eigenvalue weighted by Gasteiger charge is 2.09. The number of benzene rings is 1. The van der Waals surface area contributed by atoms with Crippen molar-refractivity contribution in [2.45, 2.75) is 19.8 Å². The van der Waals surface area contributed by atoms with E-state index in [1.165, 1.54) is 0 Å². The standard InChI is InChI=1S/C15H22BrNO3/c1-11(10-16)5-4-6-17-15(18)12-7-13(19-2)9-14(8-12)20-3/h7-9,11H,4-6,10H2,1-3H3,(H,17,18). The highest BCUT2D eigenvalue weighted by molar-refractivity contribution is 9.09. The van der Waals surface area contributed by atoms with E-state index >= 15 is 0 Å². The van der Waals surface area contributed by atoms with Crippen molar-refractivity contribution in [3.05, 3.63) is 23.8 Å². The van der Waals surface area contributed by atoms with Crippen molar-refractivity contribution in [2.75, 3.05) is 26.1 Å². The van der Waals surface area contributed by atoms with Gasteiger partial charge in [0.2, 0.25) is 0 Å². The highest BCUT2D eigenvalue weighted by atomic mass is 79.9. The van der Waals surface area contributed by atoms with Gasteiger partial charge in [0.1, 0.15) is 11.5 Å². The zero-order valence-corrected chi connectivity index (χ0v) is 13.8. The molecule has 0 saturated heterocycles. The molecular weight excluding hydrogens is 322 g/mol. The van der Waals surface area contributed by atoms with Crippen LogP contribution in [0.1, 0.15) is 30.1 Å². The van der Waals surface area contributed by atoms with Crippen molar-refractivity contribution < 1.29 is 14.3 Å². The summed E-state index contributed by atoms with van der Waals surface area (Å²) in [6.07, 6.45) is 2.06. The monoisotopic (exact) mass is 343 g/mol. The molecule has 1 unspecified atom stereocenters. The molecule has 112 valence electrons. The quantitative estimate of drug-likeness (QED) is 0.582. The number of halogens is 1. The van der Waals surface area contributed by atoms with Crippen molar-refractivity contribution in [2.24, 2.45) is 5.92 Å². The first-order valence-electron chi connectivity index (χ1n) is 6.68. The molecule has 1 aromatic carbocycles. The predicted octanol–water partition coefficient (Wildman–Crippen LogP) is 3.24. The minimum atomic E-state index is -0.103. The summed E-state index contributed by atoms with van der Waals surface area (Å²) < 4.78 is 10.3. The van der Waals surface area contributed by atoms with E-state index in [0.717, 1.165) is 18.2 Å². The number of hydrogen-bond donors (Lipinski definition) is 1. The highest BCUT2D eigenvalue weighted by Crippen LogP contribution is 2.22. The van der Waals surface area contributed by atoms with Crippen LogP contribution in [-0.2, 0) is 0 Å². The molecule has 0 spiro atoms. The fourth-order valence-corrected chi connectivity index (χ4v) is 2.09. The summed E-state index contributed by atoms with van der Waals surface area (Å²) in [5.74, 6) is 1.75. The average Bonchev–Trinajstić information content (AvgIpc) is 2.50. The molecule has 0 heterocycles. The van der Waals surface area contributed by atoms with Crippen LogP contribution >= 0.6 is 15.9 Å². The third-order valence-corrected chi connectivity index (χ3v) is 4.14. The van der Waals surface area contributed by atoms with Crippen LogP contribution in [0.4, 0.5) is 0 Å². The van der Waals surface area contributed by atoms with Crippen LogP contribution in [0.15, 0.2) is 18.2 Å². The summed E-state index contributed by atoms with van der Waals surface area (Å²) >= 11 is 3.45. The number of hydrogen-bond acceptors (Lipinski definition) is 3. The number of rotatable bonds is 8. The lowest BCUT2D eigenvalue weighted by molar-refractivity contribution is 0.0952. The Balaban J connectivity index is 2.54. The number of alkyl halides is 1. The molecule has 0 fully saturated rings. The first-order chi connectivity index (χ1) is 9.60. The van der Waals surface area contributed by atoms with Crippen LogP contribution < -0.4 is 14.8 Å². The Morgan fingerprint density at radius 1 is 1.25 bits per heavy atom. The third kappa shape index (κ3) is 5.41. The van der Waals surface area contributed by atoms with E-state index in [9.17, 15) is 4.79 Å². The van der Waals surface area contributed by atoms with E-state index < -0.39 is 0 Å². The molecule has 0 aliphatic carbocycles. The van der Waals surface area contributed by atoms with Crippen LogP contribution in [0.5, 0.6) is 11.5 Å². The molecule has 20 heavy (non-hydrogen) atoms. The van der Waals surface area contributed by atoms with Crippen LogP contribution in [0.2, 0.25) is 0 Å². The smallest absolute Gasteiger partial charge is 0.251 e. The first-order valence-corrected chi connectivity index (χ1v) is 7.80. The molecule has 0 aromatic heterocycles. The fraction of sp³-hybridized carbons (Fsp3) is 0.533. The van der Waals surface area contributed by atoms with Gasteiger partial charge in [-0.2, -0.15) is 0 Å². The van der Waals surface area contributed by atoms with Crippen molar-refractivity contribution in [3.8, 4) is 11.5 Å². The van der Waals surface area contributed by atoms with Gasteiger partial charge in [0, 0.05) is 23.5 Å². The number of ether oxygens (including phenoxy) is 2. The SMILES string of the molecule is COc1cc(OC)cc(C(=O)NCCCC(C)CBr)c1. The van der Waals surface area contributed by atoms with Crippen LogP contribution in [0.3, 0.4) is 0 Å². The van der Waals surface area contributed by atoms with Gasteiger partial charge in [-0.1, -0.05) is 22.9 Å². The lowest BCUT2D eigenvalue weighted by Gasteiger charge is -2.10. The second-order valence-electron chi connectivity index (χ2n) is 4.76. The number of amides is 1. The molecule has 0 aliphatic rings. The van der Waals surface area contributed by atoms with E-state index in [4.69, 9.17) is 9.47 Å². The molecule has 0 aliphatic heterocycles. The largest absolute Gasteiger partial charge is 0.497 e. The van der Waals surface area contributed by atoms with Crippen molar-refractivity contribution in [1.29, 1.82) is 0 Å². The zero-order valence-electron chi connectivity index (χ0n) is 12.2. The molecule has 4 nitrogen and oxygen atoms in total. The summed E-state index contributed by atoms with van der Waals surface area (Å²) in [7, 11) is 3.14. The van der Waals surface area contributed by atoms with Crippen molar-refractivity contribution >= 4 is 21.8 Å². The predicted molar refractivity (Wildman–Crippen MR) is 84.1 cm³/mol. The molecule has 0 bridgehead atoms. The summed E-state index contributed by atoms with van der Waals surface area (Å²) in [6, 6.07) is 5.16. The Kier molecular flexibility index (Phi) is 7.44. The van der Waals surface area contributed by atoms with Gasteiger partial charge in [-0.15, -0.1) is 0 Å². The maximum atomic E-state index is 12.1. The van der Waals surface area contributed by atoms with E-state index in [-0.39, 0.29) is 5.91 Å². The van der Waals surface area contributed by atoms with Crippen molar-refractivity contribution in [3.63, 3.8) is 0 Å². The third-order valence-electron chi connectivity index (χ3n) is 3.04. The Morgan fingerprint density at radius 3 is 2.35 bits per heavy atom. The van der Waals surface area contributed by atoms with Gasteiger partial charge in [0.05, 0.1) is 14.2 Å². The van der Waals surface area contributed by atoms with E-state index in [1.54, 1.807) is 32.4 Å². The molecule has 1 aromatic rings. The maximum Gasteiger partial charge on any atom is 0.251 e. The second-order valence-corrected chi connectivity index (χ2v) is 5.41. The molecule has 0 saturated carbocycles. The van der Waals surface area contributed by atoms with Gasteiger partial charge in [0.15, 0.2) is 0 Å². The Bertz CT molecular complexity index is 415. The number of carbonyl (C=O) groups excluding carboxylic acids is 1.